The average molecular weight is 303 g/mol. The molecule has 2 N–H and O–H groups in total. The van der Waals surface area contributed by atoms with Crippen molar-refractivity contribution in [1.29, 1.82) is 0 Å². The number of pyridine rings is 1. The van der Waals surface area contributed by atoms with Gasteiger partial charge in [-0.2, -0.15) is 0 Å². The third-order valence-electron chi connectivity index (χ3n) is 2.51. The zero-order valence-electron chi connectivity index (χ0n) is 11.2. The van der Waals surface area contributed by atoms with Crippen molar-refractivity contribution in [3.05, 3.63) is 51.7 Å². The van der Waals surface area contributed by atoms with Crippen LogP contribution in [0.3, 0.4) is 0 Å². The van der Waals surface area contributed by atoms with Gasteiger partial charge in [-0.15, -0.1) is 11.3 Å². The van der Waals surface area contributed by atoms with Gasteiger partial charge in [0.25, 0.3) is 5.91 Å². The molecule has 2 aromatic rings. The Morgan fingerprint density at radius 1 is 1.38 bits per heavy atom. The summed E-state index contributed by atoms with van der Waals surface area (Å²) in [4.78, 5) is 31.6. The minimum Gasteiger partial charge on any atom is -0.478 e. The van der Waals surface area contributed by atoms with Crippen LogP contribution in [0.2, 0.25) is 0 Å². The third-order valence-corrected chi connectivity index (χ3v) is 3.42. The van der Waals surface area contributed by atoms with Crippen molar-refractivity contribution >= 4 is 29.3 Å². The molecule has 2 rings (SSSR count). The van der Waals surface area contributed by atoms with Crippen LogP contribution in [-0.2, 0) is 11.3 Å². The second-order valence-corrected chi connectivity index (χ2v) is 5.55. The summed E-state index contributed by atoms with van der Waals surface area (Å²) in [6, 6.07) is 1.58. The molecule has 0 unspecified atom stereocenters. The van der Waals surface area contributed by atoms with E-state index in [-0.39, 0.29) is 5.91 Å². The number of nitrogens with zero attached hydrogens (tertiary/aromatic N) is 2. The van der Waals surface area contributed by atoms with E-state index in [0.717, 1.165) is 16.0 Å². The fraction of sp³-hybridized carbons (Fsp3) is 0.143. The highest BCUT2D eigenvalue weighted by atomic mass is 32.1. The summed E-state index contributed by atoms with van der Waals surface area (Å²) < 4.78 is 0. The first kappa shape index (κ1) is 14.9. The largest absolute Gasteiger partial charge is 0.478 e. The molecule has 108 valence electrons. The molecule has 0 atom stereocenters. The Bertz CT molecular complexity index is 694. The van der Waals surface area contributed by atoms with E-state index in [1.54, 1.807) is 12.3 Å². The maximum absolute atomic E-state index is 12.0. The molecular formula is C14H13N3O3S. The van der Waals surface area contributed by atoms with Crippen molar-refractivity contribution in [1.82, 2.24) is 15.3 Å². The summed E-state index contributed by atoms with van der Waals surface area (Å²) in [5.41, 5.74) is 0.922. The predicted octanol–water partition coefficient (Wildman–Crippen LogP) is 1.87. The van der Waals surface area contributed by atoms with Crippen molar-refractivity contribution < 1.29 is 14.7 Å². The van der Waals surface area contributed by atoms with Crippen molar-refractivity contribution in [2.75, 3.05) is 0 Å². The van der Waals surface area contributed by atoms with Crippen LogP contribution in [-0.4, -0.2) is 27.0 Å². The number of amides is 1. The number of aliphatic carboxylic acids is 1. The zero-order valence-corrected chi connectivity index (χ0v) is 12.1. The van der Waals surface area contributed by atoms with Crippen LogP contribution in [0.5, 0.6) is 0 Å². The van der Waals surface area contributed by atoms with E-state index in [9.17, 15) is 9.59 Å². The molecule has 21 heavy (non-hydrogen) atoms. The lowest BCUT2D eigenvalue weighted by molar-refractivity contribution is -0.131. The van der Waals surface area contributed by atoms with Crippen LogP contribution < -0.4 is 5.32 Å². The first-order chi connectivity index (χ1) is 10.0. The Morgan fingerprint density at radius 2 is 2.19 bits per heavy atom. The lowest BCUT2D eigenvalue weighted by Gasteiger charge is -2.03. The molecule has 0 fully saturated rings. The average Bonchev–Trinajstić information content (AvgIpc) is 2.88. The first-order valence-electron chi connectivity index (χ1n) is 6.10. The molecule has 0 aliphatic rings. The molecular weight excluding hydrogens is 290 g/mol. The summed E-state index contributed by atoms with van der Waals surface area (Å²) in [5, 5.41) is 12.2. The standard InChI is InChI=1S/C14H13N3O3S/c1-9-5-16-12(21-9)8-17-14(20)11-4-10(6-15-7-11)2-3-13(18)19/h2-7H,8H2,1H3,(H,17,20)(H,18,19)/b3-2+. The molecule has 0 spiro atoms. The van der Waals surface area contributed by atoms with Crippen LogP contribution in [0.25, 0.3) is 6.08 Å². The Labute approximate surface area is 125 Å². The third kappa shape index (κ3) is 4.50. The van der Waals surface area contributed by atoms with Gasteiger partial charge in [-0.3, -0.25) is 9.78 Å². The van der Waals surface area contributed by atoms with E-state index in [1.165, 1.54) is 29.8 Å². The number of aromatic nitrogens is 2. The van der Waals surface area contributed by atoms with Crippen molar-refractivity contribution in [2.45, 2.75) is 13.5 Å². The van der Waals surface area contributed by atoms with Gasteiger partial charge >= 0.3 is 5.97 Å². The Morgan fingerprint density at radius 3 is 2.86 bits per heavy atom. The number of hydrogen-bond donors (Lipinski definition) is 2. The predicted molar refractivity (Wildman–Crippen MR) is 78.9 cm³/mol. The summed E-state index contributed by atoms with van der Waals surface area (Å²) >= 11 is 1.52. The number of carbonyl (C=O) groups excluding carboxylic acids is 1. The summed E-state index contributed by atoms with van der Waals surface area (Å²) in [6.07, 6.45) is 7.05. The van der Waals surface area contributed by atoms with E-state index in [1.807, 2.05) is 6.92 Å². The number of thiazole rings is 1. The number of carboxylic acids is 1. The van der Waals surface area contributed by atoms with Crippen molar-refractivity contribution in [3.63, 3.8) is 0 Å². The van der Waals surface area contributed by atoms with Gasteiger partial charge in [0.1, 0.15) is 5.01 Å². The summed E-state index contributed by atoms with van der Waals surface area (Å²) in [6.45, 7) is 2.30. The minimum absolute atomic E-state index is 0.277. The highest BCUT2D eigenvalue weighted by Crippen LogP contribution is 2.11. The van der Waals surface area contributed by atoms with Crippen molar-refractivity contribution in [3.8, 4) is 0 Å². The highest BCUT2D eigenvalue weighted by molar-refractivity contribution is 7.11. The number of hydrogen-bond acceptors (Lipinski definition) is 5. The SMILES string of the molecule is Cc1cnc(CNC(=O)c2cncc(/C=C/C(=O)O)c2)s1. The first-order valence-corrected chi connectivity index (χ1v) is 6.92. The van der Waals surface area contributed by atoms with Crippen LogP contribution in [0.4, 0.5) is 0 Å². The number of carboxylic acid groups (broad SMARTS) is 1. The van der Waals surface area contributed by atoms with Gasteiger partial charge in [-0.05, 0) is 24.6 Å². The molecule has 2 heterocycles. The van der Waals surface area contributed by atoms with Gasteiger partial charge < -0.3 is 10.4 Å². The number of nitrogens with one attached hydrogen (secondary N) is 1. The fourth-order valence-corrected chi connectivity index (χ4v) is 2.31. The minimum atomic E-state index is -1.05. The van der Waals surface area contributed by atoms with Gasteiger partial charge in [0, 0.05) is 29.5 Å². The van der Waals surface area contributed by atoms with E-state index in [4.69, 9.17) is 5.11 Å². The van der Waals surface area contributed by atoms with E-state index >= 15 is 0 Å². The molecule has 0 bridgehead atoms. The van der Waals surface area contributed by atoms with Crippen molar-refractivity contribution in [2.24, 2.45) is 0 Å². The van der Waals surface area contributed by atoms with E-state index < -0.39 is 5.97 Å². The lowest BCUT2D eigenvalue weighted by atomic mass is 10.2. The topological polar surface area (TPSA) is 92.2 Å². The van der Waals surface area contributed by atoms with Gasteiger partial charge in [0.2, 0.25) is 0 Å². The maximum atomic E-state index is 12.0. The molecule has 2 aromatic heterocycles. The molecule has 0 saturated heterocycles. The summed E-state index contributed by atoms with van der Waals surface area (Å²) in [5.74, 6) is -1.33. The molecule has 1 amide bonds. The molecule has 0 saturated carbocycles. The maximum Gasteiger partial charge on any atom is 0.328 e. The number of aryl methyl sites for hydroxylation is 1. The van der Waals surface area contributed by atoms with E-state index in [0.29, 0.717) is 17.7 Å². The zero-order chi connectivity index (χ0) is 15.2. The second-order valence-electron chi connectivity index (χ2n) is 4.23. The quantitative estimate of drug-likeness (QED) is 0.823. The molecule has 7 heteroatoms. The molecule has 0 aromatic carbocycles. The van der Waals surface area contributed by atoms with E-state index in [2.05, 4.69) is 15.3 Å². The molecule has 0 aliphatic carbocycles. The van der Waals surface area contributed by atoms with Crippen LogP contribution in [0, 0.1) is 6.92 Å². The fourth-order valence-electron chi connectivity index (χ4n) is 1.58. The molecule has 0 radical (unpaired) electrons. The monoisotopic (exact) mass is 303 g/mol. The Balaban J connectivity index is 2.02. The smallest absolute Gasteiger partial charge is 0.328 e. The summed E-state index contributed by atoms with van der Waals surface area (Å²) in [7, 11) is 0. The van der Waals surface area contributed by atoms with Crippen LogP contribution in [0.15, 0.2) is 30.7 Å². The molecule has 0 aliphatic heterocycles. The number of carbonyl (C=O) groups is 2. The second kappa shape index (κ2) is 6.76. The van der Waals surface area contributed by atoms with Crippen LogP contribution in [0.1, 0.15) is 25.8 Å². The lowest BCUT2D eigenvalue weighted by Crippen LogP contribution is -2.22. The Kier molecular flexibility index (Phi) is 4.78. The normalized spacial score (nSPS) is 10.7. The van der Waals surface area contributed by atoms with Gasteiger partial charge in [-0.25, -0.2) is 9.78 Å². The highest BCUT2D eigenvalue weighted by Gasteiger charge is 2.07. The van der Waals surface area contributed by atoms with Gasteiger partial charge in [0.05, 0.1) is 12.1 Å². The van der Waals surface area contributed by atoms with Gasteiger partial charge in [0.15, 0.2) is 0 Å². The van der Waals surface area contributed by atoms with Gasteiger partial charge in [-0.1, -0.05) is 0 Å². The van der Waals surface area contributed by atoms with Crippen LogP contribution >= 0.6 is 11.3 Å². The molecule has 6 nitrogen and oxygen atoms in total. The Hall–Kier alpha value is -2.54. The number of rotatable bonds is 5.